The third-order valence-electron chi connectivity index (χ3n) is 4.31. The molecule has 0 bridgehead atoms. The molecule has 0 spiro atoms. The van der Waals surface area contributed by atoms with Gasteiger partial charge in [-0.2, -0.15) is 5.26 Å². The summed E-state index contributed by atoms with van der Waals surface area (Å²) in [5.41, 5.74) is 2.17. The zero-order valence-corrected chi connectivity index (χ0v) is 15.6. The van der Waals surface area contributed by atoms with Crippen molar-refractivity contribution in [3.8, 4) is 6.07 Å². The summed E-state index contributed by atoms with van der Waals surface area (Å²) in [5.74, 6) is 0. The zero-order valence-electron chi connectivity index (χ0n) is 14.8. The summed E-state index contributed by atoms with van der Waals surface area (Å²) < 4.78 is 5.75. The Morgan fingerprint density at radius 2 is 2.11 bits per heavy atom. The van der Waals surface area contributed by atoms with Crippen molar-refractivity contribution in [3.63, 3.8) is 0 Å². The molecule has 0 radical (unpaired) electrons. The summed E-state index contributed by atoms with van der Waals surface area (Å²) in [7, 11) is 0. The van der Waals surface area contributed by atoms with Crippen LogP contribution in [0.25, 0.3) is 0 Å². The number of urea groups is 1. The second kappa shape index (κ2) is 9.38. The average Bonchev–Trinajstić information content (AvgIpc) is 2.68. The fraction of sp³-hybridized carbons (Fsp3) is 0.300. The third-order valence-corrected chi connectivity index (χ3v) is 4.62. The molecule has 3 rings (SSSR count). The third kappa shape index (κ3) is 5.69. The summed E-state index contributed by atoms with van der Waals surface area (Å²) in [6, 6.07) is 16.7. The monoisotopic (exact) mass is 384 g/mol. The Kier molecular flexibility index (Phi) is 6.66. The van der Waals surface area contributed by atoms with Crippen LogP contribution >= 0.6 is 11.6 Å². The molecule has 2 amide bonds. The number of nitriles is 1. The molecule has 1 unspecified atom stereocenters. The highest BCUT2D eigenvalue weighted by molar-refractivity contribution is 6.32. The van der Waals surface area contributed by atoms with E-state index in [1.807, 2.05) is 24.3 Å². The zero-order chi connectivity index (χ0) is 19.1. The summed E-state index contributed by atoms with van der Waals surface area (Å²) in [4.78, 5) is 14.4. The van der Waals surface area contributed by atoms with Gasteiger partial charge in [-0.15, -0.1) is 0 Å². The van der Waals surface area contributed by atoms with Gasteiger partial charge in [0.15, 0.2) is 0 Å². The second-order valence-electron chi connectivity index (χ2n) is 6.35. The van der Waals surface area contributed by atoms with Crippen LogP contribution in [0.2, 0.25) is 5.02 Å². The number of ether oxygens (including phenoxy) is 1. The van der Waals surface area contributed by atoms with Crippen LogP contribution in [0, 0.1) is 11.3 Å². The quantitative estimate of drug-likeness (QED) is 0.829. The summed E-state index contributed by atoms with van der Waals surface area (Å²) in [5, 5.41) is 14.7. The standard InChI is InChI=1S/C20H21ClN4O2/c21-19-10-17(7-6-16(19)11-22)24-20(26)23-12-18-14-25(8-9-27-18)13-15-4-2-1-3-5-15/h1-7,10,18H,8-9,12-14H2,(H2,23,24,26). The van der Waals surface area contributed by atoms with E-state index in [0.717, 1.165) is 19.6 Å². The van der Waals surface area contributed by atoms with Crippen molar-refractivity contribution in [1.29, 1.82) is 5.26 Å². The Bertz CT molecular complexity index is 822. The SMILES string of the molecule is N#Cc1ccc(NC(=O)NCC2CN(Cc3ccccc3)CCO2)cc1Cl. The van der Waals surface area contributed by atoms with Crippen molar-refractivity contribution in [2.75, 3.05) is 31.6 Å². The highest BCUT2D eigenvalue weighted by Crippen LogP contribution is 2.20. The molecule has 0 aliphatic carbocycles. The van der Waals surface area contributed by atoms with E-state index < -0.39 is 0 Å². The summed E-state index contributed by atoms with van der Waals surface area (Å²) in [6.07, 6.45) is -0.0576. The van der Waals surface area contributed by atoms with Gasteiger partial charge in [0.25, 0.3) is 0 Å². The van der Waals surface area contributed by atoms with Crippen LogP contribution in [0.4, 0.5) is 10.5 Å². The number of rotatable bonds is 5. The Labute approximate surface area is 163 Å². The van der Waals surface area contributed by atoms with Crippen LogP contribution < -0.4 is 10.6 Å². The van der Waals surface area contributed by atoms with Gasteiger partial charge in [0.1, 0.15) is 6.07 Å². The highest BCUT2D eigenvalue weighted by atomic mass is 35.5. The lowest BCUT2D eigenvalue weighted by molar-refractivity contribution is -0.0285. The van der Waals surface area contributed by atoms with Gasteiger partial charge < -0.3 is 15.4 Å². The number of morpholine rings is 1. The van der Waals surface area contributed by atoms with Crippen LogP contribution in [-0.4, -0.2) is 43.3 Å². The Morgan fingerprint density at radius 3 is 2.85 bits per heavy atom. The lowest BCUT2D eigenvalue weighted by Gasteiger charge is -2.33. The van der Waals surface area contributed by atoms with Gasteiger partial charge in [-0.3, -0.25) is 4.90 Å². The number of hydrogen-bond acceptors (Lipinski definition) is 4. The van der Waals surface area contributed by atoms with E-state index in [1.165, 1.54) is 5.56 Å². The Balaban J connectivity index is 1.45. The van der Waals surface area contributed by atoms with Crippen LogP contribution in [0.15, 0.2) is 48.5 Å². The van der Waals surface area contributed by atoms with Crippen molar-refractivity contribution >= 4 is 23.3 Å². The van der Waals surface area contributed by atoms with Crippen LogP contribution in [0.3, 0.4) is 0 Å². The van der Waals surface area contributed by atoms with Gasteiger partial charge in [0.2, 0.25) is 0 Å². The molecule has 2 N–H and O–H groups in total. The first-order valence-electron chi connectivity index (χ1n) is 8.76. The highest BCUT2D eigenvalue weighted by Gasteiger charge is 2.21. The van der Waals surface area contributed by atoms with E-state index in [0.29, 0.717) is 29.4 Å². The maximum Gasteiger partial charge on any atom is 0.319 e. The molecule has 1 aliphatic heterocycles. The van der Waals surface area contributed by atoms with E-state index >= 15 is 0 Å². The Morgan fingerprint density at radius 1 is 1.30 bits per heavy atom. The lowest BCUT2D eigenvalue weighted by Crippen LogP contribution is -2.47. The molecule has 2 aromatic carbocycles. The molecule has 6 nitrogen and oxygen atoms in total. The van der Waals surface area contributed by atoms with Gasteiger partial charge in [-0.05, 0) is 23.8 Å². The van der Waals surface area contributed by atoms with Gasteiger partial charge >= 0.3 is 6.03 Å². The molecule has 1 heterocycles. The van der Waals surface area contributed by atoms with E-state index in [4.69, 9.17) is 21.6 Å². The number of benzene rings is 2. The summed E-state index contributed by atoms with van der Waals surface area (Å²) in [6.45, 7) is 3.57. The van der Waals surface area contributed by atoms with Crippen LogP contribution in [-0.2, 0) is 11.3 Å². The normalized spacial score (nSPS) is 17.1. The first-order valence-corrected chi connectivity index (χ1v) is 9.14. The second-order valence-corrected chi connectivity index (χ2v) is 6.76. The van der Waals surface area contributed by atoms with Crippen molar-refractivity contribution in [2.24, 2.45) is 0 Å². The predicted octanol–water partition coefficient (Wildman–Crippen LogP) is 3.23. The maximum absolute atomic E-state index is 12.1. The molecule has 0 aromatic heterocycles. The number of amides is 2. The minimum Gasteiger partial charge on any atom is -0.374 e. The predicted molar refractivity (Wildman–Crippen MR) is 105 cm³/mol. The molecule has 140 valence electrons. The number of nitrogens with zero attached hydrogens (tertiary/aromatic N) is 2. The lowest BCUT2D eigenvalue weighted by atomic mass is 10.2. The average molecular weight is 385 g/mol. The Hall–Kier alpha value is -2.59. The number of halogens is 1. The largest absolute Gasteiger partial charge is 0.374 e. The van der Waals surface area contributed by atoms with Crippen molar-refractivity contribution in [1.82, 2.24) is 10.2 Å². The smallest absolute Gasteiger partial charge is 0.319 e. The van der Waals surface area contributed by atoms with Crippen molar-refractivity contribution in [2.45, 2.75) is 12.6 Å². The number of anilines is 1. The number of nitrogens with one attached hydrogen (secondary N) is 2. The topological polar surface area (TPSA) is 77.4 Å². The molecule has 1 aliphatic rings. The molecule has 7 heteroatoms. The maximum atomic E-state index is 12.1. The summed E-state index contributed by atoms with van der Waals surface area (Å²) >= 11 is 5.97. The number of carbonyl (C=O) groups is 1. The van der Waals surface area contributed by atoms with Gasteiger partial charge in [-0.1, -0.05) is 41.9 Å². The van der Waals surface area contributed by atoms with Crippen molar-refractivity contribution in [3.05, 3.63) is 64.7 Å². The first-order chi connectivity index (χ1) is 13.1. The first kappa shape index (κ1) is 19.2. The van der Waals surface area contributed by atoms with Crippen molar-refractivity contribution < 1.29 is 9.53 Å². The molecule has 0 saturated carbocycles. The van der Waals surface area contributed by atoms with Gasteiger partial charge in [-0.25, -0.2) is 4.79 Å². The fourth-order valence-corrected chi connectivity index (χ4v) is 3.18. The van der Waals surface area contributed by atoms with E-state index in [1.54, 1.807) is 18.2 Å². The number of carbonyl (C=O) groups excluding carboxylic acids is 1. The molecular weight excluding hydrogens is 364 g/mol. The van der Waals surface area contributed by atoms with E-state index in [9.17, 15) is 4.79 Å². The molecule has 2 aromatic rings. The van der Waals surface area contributed by atoms with Crippen LogP contribution in [0.5, 0.6) is 0 Å². The molecular formula is C20H21ClN4O2. The fourth-order valence-electron chi connectivity index (χ4n) is 2.95. The molecule has 27 heavy (non-hydrogen) atoms. The van der Waals surface area contributed by atoms with Crippen LogP contribution in [0.1, 0.15) is 11.1 Å². The molecule has 1 fully saturated rings. The van der Waals surface area contributed by atoms with Gasteiger partial charge in [0, 0.05) is 31.9 Å². The molecule has 1 saturated heterocycles. The minimum absolute atomic E-state index is 0.0576. The minimum atomic E-state index is -0.334. The molecule has 1 atom stereocenters. The van der Waals surface area contributed by atoms with E-state index in [2.05, 4.69) is 27.7 Å². The number of hydrogen-bond donors (Lipinski definition) is 2. The van der Waals surface area contributed by atoms with Gasteiger partial charge in [0.05, 0.1) is 23.3 Å². The van der Waals surface area contributed by atoms with E-state index in [-0.39, 0.29) is 12.1 Å².